The summed E-state index contributed by atoms with van der Waals surface area (Å²) < 4.78 is 27.7. The number of rotatable bonds is 5. The van der Waals surface area contributed by atoms with Gasteiger partial charge in [-0.05, 0) is 20.3 Å². The summed E-state index contributed by atoms with van der Waals surface area (Å²) >= 11 is 0. The lowest BCUT2D eigenvalue weighted by atomic mass is 10.3. The van der Waals surface area contributed by atoms with Crippen LogP contribution in [0.4, 0.5) is 0 Å². The molecule has 5 nitrogen and oxygen atoms in total. The Labute approximate surface area is 90.0 Å². The summed E-state index contributed by atoms with van der Waals surface area (Å²) in [6.45, 7) is 4.85. The van der Waals surface area contributed by atoms with Gasteiger partial charge in [-0.15, -0.1) is 0 Å². The van der Waals surface area contributed by atoms with Crippen LogP contribution in [0.1, 0.15) is 27.2 Å². The maximum Gasteiger partial charge on any atom is 0.324 e. The van der Waals surface area contributed by atoms with Crippen LogP contribution in [0.2, 0.25) is 0 Å². The Morgan fingerprint density at radius 2 is 2.00 bits per heavy atom. The standard InChI is InChI=1S/C9H15NO4S/c1-4-8(9(11)14-7(2)3)15(12,13)6-5-10/h7-8H,4,6H2,1-3H3. The van der Waals surface area contributed by atoms with Gasteiger partial charge in [0.2, 0.25) is 0 Å². The monoisotopic (exact) mass is 233 g/mol. The Morgan fingerprint density at radius 1 is 1.47 bits per heavy atom. The van der Waals surface area contributed by atoms with Gasteiger partial charge in [0.25, 0.3) is 0 Å². The highest BCUT2D eigenvalue weighted by molar-refractivity contribution is 7.92. The molecular weight excluding hydrogens is 218 g/mol. The quantitative estimate of drug-likeness (QED) is 0.651. The number of carbonyl (C=O) groups is 1. The molecule has 0 radical (unpaired) electrons. The molecule has 15 heavy (non-hydrogen) atoms. The highest BCUT2D eigenvalue weighted by Crippen LogP contribution is 2.10. The number of hydrogen-bond donors (Lipinski definition) is 0. The minimum Gasteiger partial charge on any atom is -0.462 e. The molecule has 0 saturated heterocycles. The van der Waals surface area contributed by atoms with Crippen LogP contribution in [0, 0.1) is 11.3 Å². The van der Waals surface area contributed by atoms with Crippen LogP contribution in [0.3, 0.4) is 0 Å². The van der Waals surface area contributed by atoms with Gasteiger partial charge in [0.15, 0.2) is 15.1 Å². The third-order valence-corrected chi connectivity index (χ3v) is 3.61. The predicted molar refractivity (Wildman–Crippen MR) is 54.7 cm³/mol. The first-order valence-electron chi connectivity index (χ1n) is 4.64. The number of nitriles is 1. The molecule has 0 aromatic carbocycles. The van der Waals surface area contributed by atoms with Crippen molar-refractivity contribution >= 4 is 15.8 Å². The first-order chi connectivity index (χ1) is 6.85. The topological polar surface area (TPSA) is 84.2 Å². The Hall–Kier alpha value is -1.09. The smallest absolute Gasteiger partial charge is 0.324 e. The summed E-state index contributed by atoms with van der Waals surface area (Å²) in [5.74, 6) is -1.43. The van der Waals surface area contributed by atoms with Gasteiger partial charge in [-0.2, -0.15) is 5.26 Å². The molecule has 0 aromatic rings. The van der Waals surface area contributed by atoms with E-state index in [1.54, 1.807) is 20.8 Å². The molecule has 0 fully saturated rings. The van der Waals surface area contributed by atoms with E-state index in [4.69, 9.17) is 10.00 Å². The summed E-state index contributed by atoms with van der Waals surface area (Å²) in [7, 11) is -3.70. The number of ether oxygens (including phenoxy) is 1. The summed E-state index contributed by atoms with van der Waals surface area (Å²) in [5, 5.41) is 7.11. The van der Waals surface area contributed by atoms with Crippen molar-refractivity contribution in [2.75, 3.05) is 5.75 Å². The highest BCUT2D eigenvalue weighted by atomic mass is 32.2. The zero-order valence-corrected chi connectivity index (χ0v) is 9.87. The fourth-order valence-electron chi connectivity index (χ4n) is 1.07. The van der Waals surface area contributed by atoms with Crippen molar-refractivity contribution in [1.82, 2.24) is 0 Å². The van der Waals surface area contributed by atoms with Crippen LogP contribution in [0.25, 0.3) is 0 Å². The summed E-state index contributed by atoms with van der Waals surface area (Å²) in [4.78, 5) is 11.4. The molecule has 0 heterocycles. The molecule has 0 N–H and O–H groups in total. The van der Waals surface area contributed by atoms with Crippen molar-refractivity contribution in [2.45, 2.75) is 38.5 Å². The SMILES string of the molecule is CCC(C(=O)OC(C)C)S(=O)(=O)CC#N. The average molecular weight is 233 g/mol. The van der Waals surface area contributed by atoms with Crippen LogP contribution < -0.4 is 0 Å². The number of esters is 1. The zero-order chi connectivity index (χ0) is 12.1. The second-order valence-electron chi connectivity index (χ2n) is 3.35. The molecule has 6 heteroatoms. The molecule has 1 unspecified atom stereocenters. The Kier molecular flexibility index (Phi) is 5.29. The molecule has 0 saturated carbocycles. The molecule has 0 bridgehead atoms. The van der Waals surface area contributed by atoms with E-state index in [0.717, 1.165) is 0 Å². The molecule has 0 aliphatic rings. The van der Waals surface area contributed by atoms with Gasteiger partial charge >= 0.3 is 5.97 Å². The van der Waals surface area contributed by atoms with E-state index in [0.29, 0.717) is 0 Å². The van der Waals surface area contributed by atoms with Crippen LogP contribution in [-0.4, -0.2) is 31.5 Å². The van der Waals surface area contributed by atoms with Gasteiger partial charge in [-0.1, -0.05) is 6.92 Å². The van der Waals surface area contributed by atoms with Gasteiger partial charge in [-0.25, -0.2) is 8.42 Å². The fourth-order valence-corrected chi connectivity index (χ4v) is 2.30. The summed E-state index contributed by atoms with van der Waals surface area (Å²) in [5.41, 5.74) is 0. The number of sulfone groups is 1. The van der Waals surface area contributed by atoms with Crippen LogP contribution in [0.5, 0.6) is 0 Å². The lowest BCUT2D eigenvalue weighted by Gasteiger charge is -2.15. The van der Waals surface area contributed by atoms with E-state index in [9.17, 15) is 13.2 Å². The van der Waals surface area contributed by atoms with E-state index in [1.807, 2.05) is 0 Å². The third-order valence-electron chi connectivity index (χ3n) is 1.68. The minimum atomic E-state index is -3.70. The van der Waals surface area contributed by atoms with Crippen LogP contribution in [-0.2, 0) is 19.4 Å². The van der Waals surface area contributed by atoms with Gasteiger partial charge in [0, 0.05) is 0 Å². The lowest BCUT2D eigenvalue weighted by Crippen LogP contribution is -2.34. The van der Waals surface area contributed by atoms with E-state index >= 15 is 0 Å². The van der Waals surface area contributed by atoms with E-state index in [2.05, 4.69) is 0 Å². The third kappa shape index (κ3) is 4.30. The first kappa shape index (κ1) is 13.9. The predicted octanol–water partition coefficient (Wildman–Crippen LogP) is 0.655. The summed E-state index contributed by atoms with van der Waals surface area (Å²) in [6, 6.07) is 1.54. The highest BCUT2D eigenvalue weighted by Gasteiger charge is 2.32. The van der Waals surface area contributed by atoms with E-state index < -0.39 is 26.8 Å². The van der Waals surface area contributed by atoms with Gasteiger partial charge in [0.1, 0.15) is 5.75 Å². The van der Waals surface area contributed by atoms with Crippen LogP contribution in [0.15, 0.2) is 0 Å². The number of carbonyl (C=O) groups excluding carboxylic acids is 1. The Bertz CT molecular complexity index is 353. The Morgan fingerprint density at radius 3 is 2.33 bits per heavy atom. The molecule has 0 amide bonds. The maximum absolute atomic E-state index is 11.5. The van der Waals surface area contributed by atoms with Crippen molar-refractivity contribution in [1.29, 1.82) is 5.26 Å². The summed E-state index contributed by atoms with van der Waals surface area (Å²) in [6.07, 6.45) is -0.237. The van der Waals surface area contributed by atoms with Gasteiger partial charge in [0.05, 0.1) is 12.2 Å². The number of nitrogens with zero attached hydrogens (tertiary/aromatic N) is 1. The molecule has 0 rings (SSSR count). The van der Waals surface area contributed by atoms with Crippen molar-refractivity contribution in [3.8, 4) is 6.07 Å². The van der Waals surface area contributed by atoms with Gasteiger partial charge < -0.3 is 4.74 Å². The van der Waals surface area contributed by atoms with E-state index in [-0.39, 0.29) is 12.5 Å². The zero-order valence-electron chi connectivity index (χ0n) is 9.06. The first-order valence-corrected chi connectivity index (χ1v) is 6.35. The van der Waals surface area contributed by atoms with Gasteiger partial charge in [-0.3, -0.25) is 4.79 Å². The molecule has 0 aliphatic heterocycles. The second kappa shape index (κ2) is 5.71. The molecule has 0 aromatic heterocycles. The van der Waals surface area contributed by atoms with Crippen molar-refractivity contribution < 1.29 is 17.9 Å². The lowest BCUT2D eigenvalue weighted by molar-refractivity contribution is -0.146. The number of hydrogen-bond acceptors (Lipinski definition) is 5. The Balaban J connectivity index is 4.78. The molecule has 0 spiro atoms. The van der Waals surface area contributed by atoms with Crippen molar-refractivity contribution in [3.05, 3.63) is 0 Å². The fraction of sp³-hybridized carbons (Fsp3) is 0.778. The minimum absolute atomic E-state index is 0.121. The van der Waals surface area contributed by atoms with Crippen molar-refractivity contribution in [2.24, 2.45) is 0 Å². The maximum atomic E-state index is 11.5. The second-order valence-corrected chi connectivity index (χ2v) is 5.53. The van der Waals surface area contributed by atoms with Crippen molar-refractivity contribution in [3.63, 3.8) is 0 Å². The van der Waals surface area contributed by atoms with E-state index in [1.165, 1.54) is 6.07 Å². The molecule has 1 atom stereocenters. The molecule has 0 aliphatic carbocycles. The normalized spacial score (nSPS) is 13.3. The molecule has 86 valence electrons. The molecular formula is C9H15NO4S. The van der Waals surface area contributed by atoms with Crippen LogP contribution >= 0.6 is 0 Å². The largest absolute Gasteiger partial charge is 0.462 e. The average Bonchev–Trinajstić information content (AvgIpc) is 2.02.